The first kappa shape index (κ1) is 8.74. The molecule has 0 saturated carbocycles. The van der Waals surface area contributed by atoms with Crippen molar-refractivity contribution in [2.45, 2.75) is 12.8 Å². The third-order valence-electron chi connectivity index (χ3n) is 1.98. The van der Waals surface area contributed by atoms with Crippen LogP contribution in [0.25, 0.3) is 0 Å². The van der Waals surface area contributed by atoms with Crippen LogP contribution in [0.5, 0.6) is 0 Å². The first-order valence-corrected chi connectivity index (χ1v) is 4.49. The topological polar surface area (TPSA) is 51.6 Å². The molecule has 1 aromatic heterocycles. The largest absolute Gasteiger partial charge is 0.135 e. The number of rotatable bonds is 3. The van der Waals surface area contributed by atoms with Gasteiger partial charge in [-0.3, -0.25) is 0 Å². The Morgan fingerprint density at radius 3 is 2.50 bits per heavy atom. The fourth-order valence-electron chi connectivity index (χ4n) is 1.25. The van der Waals surface area contributed by atoms with Gasteiger partial charge in [0.25, 0.3) is 0 Å². The van der Waals surface area contributed by atoms with Crippen LogP contribution < -0.4 is 0 Å². The normalized spacial score (nSPS) is 10.0. The number of aryl methyl sites for hydroxylation is 2. The van der Waals surface area contributed by atoms with Crippen LogP contribution in [0.2, 0.25) is 0 Å². The standard InChI is InChI=1S/C10H10N4/c1-2-4-9(5-3-1)6-7-10-8-11-13-14-12-10/h1-5,8H,6-7H2. The molecule has 0 bridgehead atoms. The minimum atomic E-state index is 0.854. The minimum absolute atomic E-state index is 0.854. The Morgan fingerprint density at radius 2 is 1.79 bits per heavy atom. The Kier molecular flexibility index (Phi) is 2.76. The summed E-state index contributed by atoms with van der Waals surface area (Å²) in [5, 5.41) is 14.4. The van der Waals surface area contributed by atoms with Gasteiger partial charge in [0, 0.05) is 0 Å². The van der Waals surface area contributed by atoms with E-state index in [1.807, 2.05) is 18.2 Å². The summed E-state index contributed by atoms with van der Waals surface area (Å²) in [6.07, 6.45) is 3.46. The molecule has 0 aliphatic heterocycles. The van der Waals surface area contributed by atoms with Gasteiger partial charge in [0.15, 0.2) is 0 Å². The molecule has 0 aliphatic carbocycles. The molecular formula is C10H10N4. The Hall–Kier alpha value is -1.84. The molecule has 4 nitrogen and oxygen atoms in total. The van der Waals surface area contributed by atoms with E-state index in [4.69, 9.17) is 0 Å². The summed E-state index contributed by atoms with van der Waals surface area (Å²) in [5.41, 5.74) is 2.18. The maximum atomic E-state index is 3.87. The highest BCUT2D eigenvalue weighted by molar-refractivity contribution is 5.15. The van der Waals surface area contributed by atoms with Crippen LogP contribution in [-0.2, 0) is 12.8 Å². The van der Waals surface area contributed by atoms with Crippen molar-refractivity contribution in [1.29, 1.82) is 0 Å². The lowest BCUT2D eigenvalue weighted by Gasteiger charge is -1.98. The van der Waals surface area contributed by atoms with Gasteiger partial charge in [-0.05, 0) is 28.8 Å². The van der Waals surface area contributed by atoms with Gasteiger partial charge >= 0.3 is 0 Å². The molecule has 0 spiro atoms. The first-order chi connectivity index (χ1) is 6.95. The van der Waals surface area contributed by atoms with Crippen molar-refractivity contribution in [3.63, 3.8) is 0 Å². The van der Waals surface area contributed by atoms with Gasteiger partial charge in [-0.15, -0.1) is 10.2 Å². The van der Waals surface area contributed by atoms with Crippen molar-refractivity contribution in [2.75, 3.05) is 0 Å². The molecule has 14 heavy (non-hydrogen) atoms. The van der Waals surface area contributed by atoms with Gasteiger partial charge < -0.3 is 0 Å². The molecule has 0 N–H and O–H groups in total. The van der Waals surface area contributed by atoms with Gasteiger partial charge in [0.05, 0.1) is 11.9 Å². The average molecular weight is 186 g/mol. The molecule has 4 heteroatoms. The molecule has 0 fully saturated rings. The second kappa shape index (κ2) is 4.41. The smallest absolute Gasteiger partial charge is 0.0854 e. The highest BCUT2D eigenvalue weighted by Crippen LogP contribution is 2.02. The van der Waals surface area contributed by atoms with Crippen molar-refractivity contribution in [3.8, 4) is 0 Å². The predicted molar refractivity (Wildman–Crippen MR) is 51.5 cm³/mol. The Labute approximate surface area is 82.0 Å². The number of hydrogen-bond acceptors (Lipinski definition) is 4. The third kappa shape index (κ3) is 2.32. The molecule has 0 radical (unpaired) electrons. The SMILES string of the molecule is c1ccc(CCc2cnnnn2)cc1. The van der Waals surface area contributed by atoms with Crippen LogP contribution in [0.1, 0.15) is 11.3 Å². The maximum absolute atomic E-state index is 3.87. The fourth-order valence-corrected chi connectivity index (χ4v) is 1.25. The van der Waals surface area contributed by atoms with Crippen LogP contribution >= 0.6 is 0 Å². The lowest BCUT2D eigenvalue weighted by molar-refractivity contribution is 0.714. The van der Waals surface area contributed by atoms with Crippen molar-refractivity contribution in [3.05, 3.63) is 47.8 Å². The van der Waals surface area contributed by atoms with Crippen LogP contribution in [0.15, 0.2) is 36.5 Å². The highest BCUT2D eigenvalue weighted by Gasteiger charge is 1.96. The number of nitrogens with zero attached hydrogens (tertiary/aromatic N) is 4. The van der Waals surface area contributed by atoms with Crippen molar-refractivity contribution in [2.24, 2.45) is 0 Å². The monoisotopic (exact) mass is 186 g/mol. The van der Waals surface area contributed by atoms with Crippen LogP contribution in [0, 0.1) is 0 Å². The van der Waals surface area contributed by atoms with E-state index in [0.717, 1.165) is 18.5 Å². The molecule has 0 unspecified atom stereocenters. The van der Waals surface area contributed by atoms with Crippen LogP contribution in [-0.4, -0.2) is 20.6 Å². The summed E-state index contributed by atoms with van der Waals surface area (Å²) in [5.74, 6) is 0. The molecule has 2 rings (SSSR count). The van der Waals surface area contributed by atoms with Crippen molar-refractivity contribution >= 4 is 0 Å². The van der Waals surface area contributed by atoms with E-state index < -0.39 is 0 Å². The second-order valence-corrected chi connectivity index (χ2v) is 3.00. The average Bonchev–Trinajstić information content (AvgIpc) is 2.29. The van der Waals surface area contributed by atoms with Crippen LogP contribution in [0.4, 0.5) is 0 Å². The molecular weight excluding hydrogens is 176 g/mol. The van der Waals surface area contributed by atoms with E-state index in [1.165, 1.54) is 5.56 Å². The van der Waals surface area contributed by atoms with Gasteiger partial charge in [-0.25, -0.2) is 0 Å². The lowest BCUT2D eigenvalue weighted by Crippen LogP contribution is -1.99. The molecule has 1 heterocycles. The number of hydrogen-bond donors (Lipinski definition) is 0. The Bertz CT molecular complexity index is 334. The number of aromatic nitrogens is 4. The van der Waals surface area contributed by atoms with Crippen LogP contribution in [0.3, 0.4) is 0 Å². The lowest BCUT2D eigenvalue weighted by atomic mass is 10.1. The molecule has 0 saturated heterocycles. The zero-order valence-corrected chi connectivity index (χ0v) is 7.67. The van der Waals surface area contributed by atoms with Crippen molar-refractivity contribution in [1.82, 2.24) is 20.6 Å². The Morgan fingerprint density at radius 1 is 0.929 bits per heavy atom. The fraction of sp³-hybridized carbons (Fsp3) is 0.200. The van der Waals surface area contributed by atoms with E-state index in [9.17, 15) is 0 Å². The minimum Gasteiger partial charge on any atom is -0.135 e. The zero-order chi connectivity index (χ0) is 9.64. The summed E-state index contributed by atoms with van der Waals surface area (Å²) in [6, 6.07) is 10.3. The summed E-state index contributed by atoms with van der Waals surface area (Å²) >= 11 is 0. The van der Waals surface area contributed by atoms with Gasteiger partial charge in [0.2, 0.25) is 0 Å². The summed E-state index contributed by atoms with van der Waals surface area (Å²) in [7, 11) is 0. The highest BCUT2D eigenvalue weighted by atomic mass is 15.4. The first-order valence-electron chi connectivity index (χ1n) is 4.49. The van der Waals surface area contributed by atoms with E-state index >= 15 is 0 Å². The molecule has 2 aromatic rings. The molecule has 1 aromatic carbocycles. The number of benzene rings is 1. The predicted octanol–water partition coefficient (Wildman–Crippen LogP) is 1.05. The van der Waals surface area contributed by atoms with E-state index in [2.05, 4.69) is 32.8 Å². The molecule has 0 amide bonds. The van der Waals surface area contributed by atoms with Crippen molar-refractivity contribution < 1.29 is 0 Å². The van der Waals surface area contributed by atoms with E-state index in [1.54, 1.807) is 6.20 Å². The Balaban J connectivity index is 1.96. The van der Waals surface area contributed by atoms with Gasteiger partial charge in [-0.1, -0.05) is 30.3 Å². The summed E-state index contributed by atoms with van der Waals surface area (Å²) in [6.45, 7) is 0. The van der Waals surface area contributed by atoms with E-state index in [-0.39, 0.29) is 0 Å². The molecule has 0 atom stereocenters. The van der Waals surface area contributed by atoms with E-state index in [0.29, 0.717) is 0 Å². The molecule has 0 aliphatic rings. The maximum Gasteiger partial charge on any atom is 0.0854 e. The van der Waals surface area contributed by atoms with Gasteiger partial charge in [0.1, 0.15) is 0 Å². The summed E-state index contributed by atoms with van der Waals surface area (Å²) in [4.78, 5) is 0. The molecule has 70 valence electrons. The third-order valence-corrected chi connectivity index (χ3v) is 1.98. The summed E-state index contributed by atoms with van der Waals surface area (Å²) < 4.78 is 0. The van der Waals surface area contributed by atoms with Gasteiger partial charge in [-0.2, -0.15) is 0 Å². The second-order valence-electron chi connectivity index (χ2n) is 3.00. The zero-order valence-electron chi connectivity index (χ0n) is 7.67. The quantitative estimate of drug-likeness (QED) is 0.719.